The molecule has 5 heteroatoms. The van der Waals surface area contributed by atoms with Crippen LogP contribution in [0.4, 0.5) is 0 Å². The van der Waals surface area contributed by atoms with Gasteiger partial charge in [-0.05, 0) is 43.2 Å². The van der Waals surface area contributed by atoms with Gasteiger partial charge >= 0.3 is 0 Å². The first kappa shape index (κ1) is 13.3. The summed E-state index contributed by atoms with van der Waals surface area (Å²) in [7, 11) is 0. The van der Waals surface area contributed by atoms with Crippen LogP contribution in [0.3, 0.4) is 0 Å². The van der Waals surface area contributed by atoms with Gasteiger partial charge in [-0.2, -0.15) is 0 Å². The Labute approximate surface area is 122 Å². The number of fused-ring (bicyclic) bond motifs is 1. The van der Waals surface area contributed by atoms with Crippen LogP contribution in [-0.4, -0.2) is 20.3 Å². The molecule has 0 radical (unpaired) electrons. The molecule has 21 heavy (non-hydrogen) atoms. The molecule has 0 aliphatic rings. The molecule has 0 spiro atoms. The Morgan fingerprint density at radius 2 is 2.19 bits per heavy atom. The first-order valence-corrected chi connectivity index (χ1v) is 6.77. The molecule has 5 nitrogen and oxygen atoms in total. The summed E-state index contributed by atoms with van der Waals surface area (Å²) in [5, 5.41) is 2.91. The van der Waals surface area contributed by atoms with Crippen molar-refractivity contribution >= 4 is 11.6 Å². The van der Waals surface area contributed by atoms with Crippen LogP contribution in [-0.2, 0) is 6.54 Å². The third-order valence-corrected chi connectivity index (χ3v) is 3.35. The average Bonchev–Trinajstić information content (AvgIpc) is 2.81. The molecule has 0 bridgehead atoms. The Balaban J connectivity index is 1.86. The highest BCUT2D eigenvalue weighted by Crippen LogP contribution is 2.13. The van der Waals surface area contributed by atoms with Gasteiger partial charge in [-0.3, -0.25) is 14.2 Å². The highest BCUT2D eigenvalue weighted by molar-refractivity contribution is 5.94. The molecule has 0 aromatic carbocycles. The molecule has 1 N–H and O–H groups in total. The molecule has 3 heterocycles. The van der Waals surface area contributed by atoms with E-state index in [1.54, 1.807) is 12.4 Å². The van der Waals surface area contributed by atoms with Crippen LogP contribution in [0.5, 0.6) is 0 Å². The average molecular weight is 280 g/mol. The standard InChI is InChI=1S/C16H16N4O/c1-11-5-7-20-14(8-11)19-12(2)15(20)16(21)18-10-13-4-3-6-17-9-13/h3-9H,10H2,1-2H3,(H,18,21). The van der Waals surface area contributed by atoms with Gasteiger partial charge in [0.15, 0.2) is 0 Å². The van der Waals surface area contributed by atoms with E-state index in [4.69, 9.17) is 0 Å². The SMILES string of the molecule is Cc1ccn2c(C(=O)NCc3cccnc3)c(C)nc2c1. The third kappa shape index (κ3) is 2.63. The van der Waals surface area contributed by atoms with Crippen molar-refractivity contribution in [3.8, 4) is 0 Å². The minimum Gasteiger partial charge on any atom is -0.347 e. The van der Waals surface area contributed by atoms with Crippen molar-refractivity contribution in [2.45, 2.75) is 20.4 Å². The van der Waals surface area contributed by atoms with E-state index in [0.717, 1.165) is 22.5 Å². The lowest BCUT2D eigenvalue weighted by Crippen LogP contribution is -2.25. The second-order valence-corrected chi connectivity index (χ2v) is 5.02. The number of carbonyl (C=O) groups is 1. The van der Waals surface area contributed by atoms with Gasteiger partial charge in [0.05, 0.1) is 5.69 Å². The minimum atomic E-state index is -0.132. The van der Waals surface area contributed by atoms with Gasteiger partial charge in [-0.25, -0.2) is 4.98 Å². The predicted octanol–water partition coefficient (Wildman–Crippen LogP) is 2.28. The third-order valence-electron chi connectivity index (χ3n) is 3.35. The Morgan fingerprint density at radius 1 is 1.33 bits per heavy atom. The van der Waals surface area contributed by atoms with Crippen LogP contribution < -0.4 is 5.32 Å². The first-order valence-electron chi connectivity index (χ1n) is 6.77. The molecular formula is C16H16N4O. The van der Waals surface area contributed by atoms with E-state index >= 15 is 0 Å². The van der Waals surface area contributed by atoms with Crippen LogP contribution >= 0.6 is 0 Å². The molecule has 3 aromatic rings. The van der Waals surface area contributed by atoms with E-state index in [9.17, 15) is 4.79 Å². The van der Waals surface area contributed by atoms with Crippen LogP contribution in [0.15, 0.2) is 42.9 Å². The fraction of sp³-hybridized carbons (Fsp3) is 0.188. The highest BCUT2D eigenvalue weighted by atomic mass is 16.1. The van der Waals surface area contributed by atoms with Gasteiger partial charge in [-0.15, -0.1) is 0 Å². The molecule has 0 aliphatic carbocycles. The summed E-state index contributed by atoms with van der Waals surface area (Å²) in [5.41, 5.74) is 4.18. The topological polar surface area (TPSA) is 59.3 Å². The number of carbonyl (C=O) groups excluding carboxylic acids is 1. The first-order chi connectivity index (χ1) is 10.1. The zero-order valence-electron chi connectivity index (χ0n) is 12.0. The maximum Gasteiger partial charge on any atom is 0.270 e. The molecule has 0 aliphatic heterocycles. The quantitative estimate of drug-likeness (QED) is 0.800. The van der Waals surface area contributed by atoms with Crippen LogP contribution in [0.1, 0.15) is 27.3 Å². The second kappa shape index (κ2) is 5.36. The summed E-state index contributed by atoms with van der Waals surface area (Å²) < 4.78 is 1.82. The lowest BCUT2D eigenvalue weighted by atomic mass is 10.2. The van der Waals surface area contributed by atoms with Crippen molar-refractivity contribution < 1.29 is 4.79 Å². The van der Waals surface area contributed by atoms with Gasteiger partial charge in [-0.1, -0.05) is 6.07 Å². The van der Waals surface area contributed by atoms with Gasteiger partial charge in [0, 0.05) is 25.1 Å². The van der Waals surface area contributed by atoms with Crippen molar-refractivity contribution in [3.63, 3.8) is 0 Å². The molecule has 0 fully saturated rings. The molecule has 0 saturated carbocycles. The number of nitrogens with one attached hydrogen (secondary N) is 1. The number of amides is 1. The summed E-state index contributed by atoms with van der Waals surface area (Å²) in [4.78, 5) is 20.9. The number of aryl methyl sites for hydroxylation is 2. The molecule has 3 aromatic heterocycles. The maximum atomic E-state index is 12.4. The van der Waals surface area contributed by atoms with E-state index in [1.165, 1.54) is 0 Å². The van der Waals surface area contributed by atoms with Crippen LogP contribution in [0.2, 0.25) is 0 Å². The van der Waals surface area contributed by atoms with Crippen LogP contribution in [0.25, 0.3) is 5.65 Å². The molecule has 106 valence electrons. The van der Waals surface area contributed by atoms with Crippen molar-refractivity contribution in [3.05, 3.63) is 65.4 Å². The minimum absolute atomic E-state index is 0.132. The maximum absolute atomic E-state index is 12.4. The van der Waals surface area contributed by atoms with E-state index in [0.29, 0.717) is 12.2 Å². The van der Waals surface area contributed by atoms with Crippen molar-refractivity contribution in [2.24, 2.45) is 0 Å². The Morgan fingerprint density at radius 3 is 2.95 bits per heavy atom. The number of pyridine rings is 2. The zero-order valence-corrected chi connectivity index (χ0v) is 12.0. The number of imidazole rings is 1. The number of hydrogen-bond acceptors (Lipinski definition) is 3. The van der Waals surface area contributed by atoms with E-state index < -0.39 is 0 Å². The van der Waals surface area contributed by atoms with E-state index in [1.807, 2.05) is 48.7 Å². The summed E-state index contributed by atoms with van der Waals surface area (Å²) in [5.74, 6) is -0.132. The summed E-state index contributed by atoms with van der Waals surface area (Å²) >= 11 is 0. The second-order valence-electron chi connectivity index (χ2n) is 5.02. The summed E-state index contributed by atoms with van der Waals surface area (Å²) in [6.07, 6.45) is 5.33. The molecule has 0 atom stereocenters. The largest absolute Gasteiger partial charge is 0.347 e. The van der Waals surface area contributed by atoms with Gasteiger partial charge < -0.3 is 5.32 Å². The summed E-state index contributed by atoms with van der Waals surface area (Å²) in [6.45, 7) is 4.30. The zero-order chi connectivity index (χ0) is 14.8. The number of rotatable bonds is 3. The monoisotopic (exact) mass is 280 g/mol. The smallest absolute Gasteiger partial charge is 0.270 e. The number of nitrogens with zero attached hydrogens (tertiary/aromatic N) is 3. The molecule has 1 amide bonds. The Kier molecular flexibility index (Phi) is 3.39. The highest BCUT2D eigenvalue weighted by Gasteiger charge is 2.16. The number of aromatic nitrogens is 3. The van der Waals surface area contributed by atoms with Crippen molar-refractivity contribution in [2.75, 3.05) is 0 Å². The van der Waals surface area contributed by atoms with E-state index in [-0.39, 0.29) is 5.91 Å². The Bertz CT molecular complexity index is 793. The van der Waals surface area contributed by atoms with Crippen LogP contribution in [0, 0.1) is 13.8 Å². The van der Waals surface area contributed by atoms with Gasteiger partial charge in [0.2, 0.25) is 0 Å². The van der Waals surface area contributed by atoms with Crippen molar-refractivity contribution in [1.82, 2.24) is 19.7 Å². The molecule has 0 unspecified atom stereocenters. The Hall–Kier alpha value is -2.69. The lowest BCUT2D eigenvalue weighted by molar-refractivity contribution is 0.0944. The normalized spacial score (nSPS) is 10.8. The van der Waals surface area contributed by atoms with Gasteiger partial charge in [0.25, 0.3) is 5.91 Å². The summed E-state index contributed by atoms with van der Waals surface area (Å²) in [6, 6.07) is 7.71. The fourth-order valence-corrected chi connectivity index (χ4v) is 2.31. The number of hydrogen-bond donors (Lipinski definition) is 1. The fourth-order valence-electron chi connectivity index (χ4n) is 2.31. The molecular weight excluding hydrogens is 264 g/mol. The van der Waals surface area contributed by atoms with E-state index in [2.05, 4.69) is 15.3 Å². The van der Waals surface area contributed by atoms with Gasteiger partial charge in [0.1, 0.15) is 11.3 Å². The lowest BCUT2D eigenvalue weighted by Gasteiger charge is -2.06. The molecule has 0 saturated heterocycles. The molecule has 3 rings (SSSR count). The van der Waals surface area contributed by atoms with Crippen molar-refractivity contribution in [1.29, 1.82) is 0 Å². The predicted molar refractivity (Wildman–Crippen MR) is 80.1 cm³/mol.